The smallest absolute Gasteiger partial charge is 0.255 e. The molecule has 6 nitrogen and oxygen atoms in total. The van der Waals surface area contributed by atoms with Crippen molar-refractivity contribution in [2.45, 2.75) is 46.6 Å². The number of pyridine rings is 2. The van der Waals surface area contributed by atoms with E-state index in [1.54, 1.807) is 19.4 Å². The van der Waals surface area contributed by atoms with E-state index in [0.717, 1.165) is 27.9 Å². The minimum Gasteiger partial charge on any atom is -0.496 e. The molecule has 6 heteroatoms. The summed E-state index contributed by atoms with van der Waals surface area (Å²) in [6, 6.07) is 11.9. The summed E-state index contributed by atoms with van der Waals surface area (Å²) >= 11 is 0. The van der Waals surface area contributed by atoms with Crippen LogP contribution in [0.5, 0.6) is 5.75 Å². The number of fused-ring (bicyclic) bond motifs is 1. The van der Waals surface area contributed by atoms with Crippen LogP contribution in [-0.2, 0) is 6.42 Å². The van der Waals surface area contributed by atoms with Crippen molar-refractivity contribution in [3.05, 3.63) is 92.8 Å². The quantitative estimate of drug-likeness (QED) is 0.404. The second-order valence-electron chi connectivity index (χ2n) is 8.51. The summed E-state index contributed by atoms with van der Waals surface area (Å²) in [5.41, 5.74) is 5.96. The maximum absolute atomic E-state index is 13.5. The first-order chi connectivity index (χ1) is 15.8. The van der Waals surface area contributed by atoms with Gasteiger partial charge in [-0.15, -0.1) is 0 Å². The Morgan fingerprint density at radius 1 is 1.18 bits per heavy atom. The molecule has 1 aromatic carbocycles. The number of methoxy groups -OCH3 is 1. The zero-order valence-corrected chi connectivity index (χ0v) is 19.7. The van der Waals surface area contributed by atoms with E-state index < -0.39 is 0 Å². The molecule has 0 fully saturated rings. The van der Waals surface area contributed by atoms with Crippen molar-refractivity contribution in [2.75, 3.05) is 7.11 Å². The number of ether oxygens (including phenoxy) is 1. The molecule has 3 aromatic heterocycles. The van der Waals surface area contributed by atoms with Gasteiger partial charge in [0.05, 0.1) is 18.7 Å². The highest BCUT2D eigenvalue weighted by Gasteiger charge is 2.24. The van der Waals surface area contributed by atoms with Crippen LogP contribution in [0, 0.1) is 20.8 Å². The highest BCUT2D eigenvalue weighted by atomic mass is 16.5. The van der Waals surface area contributed by atoms with E-state index in [4.69, 9.17) is 4.74 Å². The van der Waals surface area contributed by atoms with E-state index >= 15 is 0 Å². The molecule has 0 saturated heterocycles. The predicted octanol–water partition coefficient (Wildman–Crippen LogP) is 5.08. The Labute approximate surface area is 193 Å². The van der Waals surface area contributed by atoms with Crippen molar-refractivity contribution in [1.29, 1.82) is 0 Å². The monoisotopic (exact) mass is 443 g/mol. The number of Topliss-reactive ketones (excluding diaryl/α,β-unsaturated/α-hetero) is 1. The Kier molecular flexibility index (Phi) is 6.18. The minimum atomic E-state index is -0.208. The fourth-order valence-corrected chi connectivity index (χ4v) is 4.80. The van der Waals surface area contributed by atoms with Crippen molar-refractivity contribution in [3.8, 4) is 5.75 Å². The number of nitrogens with one attached hydrogen (secondary N) is 1. The summed E-state index contributed by atoms with van der Waals surface area (Å²) in [4.78, 5) is 33.0. The molecule has 1 atom stereocenters. The third-order valence-electron chi connectivity index (χ3n) is 6.39. The molecule has 0 saturated carbocycles. The van der Waals surface area contributed by atoms with E-state index in [1.807, 2.05) is 44.3 Å². The van der Waals surface area contributed by atoms with Gasteiger partial charge in [-0.2, -0.15) is 0 Å². The Morgan fingerprint density at radius 2 is 1.94 bits per heavy atom. The SMILES string of the molecule is COc1cc(C)[nH]c(=O)c1CCC(=O)c1c(C)n(C(C)c2ccncc2C)c2ccccc12. The standard InChI is InChI=1S/C27H29N3O3/c1-16-15-28-13-12-20(16)18(3)30-19(4)26(21-8-6-7-9-23(21)30)24(31)11-10-22-25(33-5)14-17(2)29-27(22)32/h6-9,12-15,18H,10-11H2,1-5H3,(H,29,32). The lowest BCUT2D eigenvalue weighted by Crippen LogP contribution is -2.17. The van der Waals surface area contributed by atoms with Crippen LogP contribution < -0.4 is 10.3 Å². The Balaban J connectivity index is 1.74. The minimum absolute atomic E-state index is 0.0168. The molecule has 33 heavy (non-hydrogen) atoms. The van der Waals surface area contributed by atoms with Gasteiger partial charge in [0.25, 0.3) is 5.56 Å². The fourth-order valence-electron chi connectivity index (χ4n) is 4.80. The number of hydrogen-bond acceptors (Lipinski definition) is 4. The largest absolute Gasteiger partial charge is 0.496 e. The lowest BCUT2D eigenvalue weighted by molar-refractivity contribution is 0.0983. The van der Waals surface area contributed by atoms with Gasteiger partial charge in [-0.3, -0.25) is 14.6 Å². The molecule has 0 aliphatic carbocycles. The average molecular weight is 444 g/mol. The number of ketones is 1. The lowest BCUT2D eigenvalue weighted by atomic mass is 10.0. The summed E-state index contributed by atoms with van der Waals surface area (Å²) in [7, 11) is 1.54. The van der Waals surface area contributed by atoms with Crippen LogP contribution in [0.2, 0.25) is 0 Å². The molecule has 0 aliphatic rings. The number of aromatic amines is 1. The van der Waals surface area contributed by atoms with Gasteiger partial charge >= 0.3 is 0 Å². The van der Waals surface area contributed by atoms with Gasteiger partial charge in [0, 0.05) is 46.7 Å². The maximum atomic E-state index is 13.5. The normalized spacial score (nSPS) is 12.2. The number of rotatable bonds is 7. The number of H-pyrrole nitrogens is 1. The molecule has 0 spiro atoms. The summed E-state index contributed by atoms with van der Waals surface area (Å²) in [6.45, 7) is 8.01. The summed E-state index contributed by atoms with van der Waals surface area (Å²) < 4.78 is 7.62. The Hall–Kier alpha value is -3.67. The summed E-state index contributed by atoms with van der Waals surface area (Å²) in [6.07, 6.45) is 4.21. The van der Waals surface area contributed by atoms with Crippen LogP contribution in [0.25, 0.3) is 10.9 Å². The zero-order chi connectivity index (χ0) is 23.7. The topological polar surface area (TPSA) is 77.0 Å². The fraction of sp³-hybridized carbons (Fsp3) is 0.296. The number of nitrogens with zero attached hydrogens (tertiary/aromatic N) is 2. The van der Waals surface area contributed by atoms with Crippen LogP contribution in [-0.4, -0.2) is 27.4 Å². The first kappa shape index (κ1) is 22.5. The van der Waals surface area contributed by atoms with Crippen molar-refractivity contribution in [1.82, 2.24) is 14.5 Å². The van der Waals surface area contributed by atoms with Crippen LogP contribution in [0.3, 0.4) is 0 Å². The lowest BCUT2D eigenvalue weighted by Gasteiger charge is -2.20. The Morgan fingerprint density at radius 3 is 2.67 bits per heavy atom. The number of aryl methyl sites for hydroxylation is 2. The maximum Gasteiger partial charge on any atom is 0.255 e. The van der Waals surface area contributed by atoms with Gasteiger partial charge in [0.2, 0.25) is 0 Å². The van der Waals surface area contributed by atoms with Crippen molar-refractivity contribution < 1.29 is 9.53 Å². The predicted molar refractivity (Wildman–Crippen MR) is 130 cm³/mol. The number of benzene rings is 1. The van der Waals surface area contributed by atoms with Crippen LogP contribution in [0.1, 0.15) is 57.8 Å². The molecule has 0 amide bonds. The average Bonchev–Trinajstić information content (AvgIpc) is 3.09. The molecule has 4 aromatic rings. The van der Waals surface area contributed by atoms with Crippen LogP contribution in [0.4, 0.5) is 0 Å². The first-order valence-electron chi connectivity index (χ1n) is 11.1. The molecular formula is C27H29N3O3. The number of carbonyl (C=O) groups is 1. The van der Waals surface area contributed by atoms with E-state index in [2.05, 4.69) is 34.4 Å². The summed E-state index contributed by atoms with van der Waals surface area (Å²) in [5.74, 6) is 0.535. The van der Waals surface area contributed by atoms with Gasteiger partial charge in [-0.25, -0.2) is 0 Å². The molecule has 0 bridgehead atoms. The van der Waals surface area contributed by atoms with Gasteiger partial charge in [-0.1, -0.05) is 18.2 Å². The van der Waals surface area contributed by atoms with Gasteiger partial charge in [0.15, 0.2) is 5.78 Å². The number of carbonyl (C=O) groups excluding carboxylic acids is 1. The highest BCUT2D eigenvalue weighted by molar-refractivity contribution is 6.09. The highest BCUT2D eigenvalue weighted by Crippen LogP contribution is 2.33. The van der Waals surface area contributed by atoms with Crippen molar-refractivity contribution in [3.63, 3.8) is 0 Å². The Bertz CT molecular complexity index is 1400. The molecule has 1 unspecified atom stereocenters. The van der Waals surface area contributed by atoms with Crippen LogP contribution >= 0.6 is 0 Å². The van der Waals surface area contributed by atoms with E-state index in [9.17, 15) is 9.59 Å². The van der Waals surface area contributed by atoms with Crippen LogP contribution in [0.15, 0.2) is 53.6 Å². The molecule has 0 aliphatic heterocycles. The second kappa shape index (κ2) is 9.06. The summed E-state index contributed by atoms with van der Waals surface area (Å²) in [5, 5.41) is 0.934. The zero-order valence-electron chi connectivity index (χ0n) is 19.7. The third-order valence-corrected chi connectivity index (χ3v) is 6.39. The molecule has 170 valence electrons. The van der Waals surface area contributed by atoms with Crippen molar-refractivity contribution in [2.24, 2.45) is 0 Å². The molecule has 3 heterocycles. The van der Waals surface area contributed by atoms with Gasteiger partial charge in [0.1, 0.15) is 5.75 Å². The first-order valence-corrected chi connectivity index (χ1v) is 11.1. The second-order valence-corrected chi connectivity index (χ2v) is 8.51. The van der Waals surface area contributed by atoms with E-state index in [0.29, 0.717) is 23.3 Å². The number of aromatic nitrogens is 3. The van der Waals surface area contributed by atoms with Gasteiger partial charge in [-0.05, 0) is 63.4 Å². The molecule has 0 radical (unpaired) electrons. The third kappa shape index (κ3) is 4.09. The van der Waals surface area contributed by atoms with Gasteiger partial charge < -0.3 is 14.3 Å². The van der Waals surface area contributed by atoms with E-state index in [1.165, 1.54) is 5.56 Å². The molecular weight excluding hydrogens is 414 g/mol. The number of para-hydroxylation sites is 1. The molecule has 1 N–H and O–H groups in total. The molecule has 4 rings (SSSR count). The van der Waals surface area contributed by atoms with Crippen molar-refractivity contribution >= 4 is 16.7 Å². The number of hydrogen-bond donors (Lipinski definition) is 1. The van der Waals surface area contributed by atoms with E-state index in [-0.39, 0.29) is 23.8 Å².